The Morgan fingerprint density at radius 3 is 2.96 bits per heavy atom. The van der Waals surface area contributed by atoms with Gasteiger partial charge in [0, 0.05) is 25.7 Å². The molecule has 0 spiro atoms. The Morgan fingerprint density at radius 2 is 2.16 bits per heavy atom. The molecule has 6 heteroatoms. The van der Waals surface area contributed by atoms with E-state index in [0.717, 1.165) is 43.7 Å². The molecule has 136 valence electrons. The molecule has 2 heterocycles. The number of hydrogen-bond acceptors (Lipinski definition) is 4. The van der Waals surface area contributed by atoms with Crippen LogP contribution in [0.4, 0.5) is 0 Å². The van der Waals surface area contributed by atoms with E-state index in [1.54, 1.807) is 7.11 Å². The van der Waals surface area contributed by atoms with Crippen LogP contribution in [0.2, 0.25) is 0 Å². The van der Waals surface area contributed by atoms with Crippen molar-refractivity contribution in [1.82, 2.24) is 15.1 Å². The molecule has 2 amide bonds. The SMILES string of the molecule is COc1ccccc1CCNC(=O)CN1C[C@@H]2CCCN2C(=O)[C@@H]1C. The molecule has 2 saturated heterocycles. The number of rotatable bonds is 6. The van der Waals surface area contributed by atoms with E-state index in [1.165, 1.54) is 0 Å². The second kappa shape index (κ2) is 7.87. The molecule has 3 rings (SSSR count). The molecule has 0 radical (unpaired) electrons. The maximum Gasteiger partial charge on any atom is 0.239 e. The number of benzene rings is 1. The van der Waals surface area contributed by atoms with E-state index in [0.29, 0.717) is 6.54 Å². The van der Waals surface area contributed by atoms with Crippen LogP contribution in [0.25, 0.3) is 0 Å². The Kier molecular flexibility index (Phi) is 5.58. The van der Waals surface area contributed by atoms with Gasteiger partial charge in [-0.15, -0.1) is 0 Å². The molecular weight excluding hydrogens is 318 g/mol. The van der Waals surface area contributed by atoms with Crippen LogP contribution < -0.4 is 10.1 Å². The highest BCUT2D eigenvalue weighted by Gasteiger charge is 2.40. The van der Waals surface area contributed by atoms with Crippen molar-refractivity contribution in [2.24, 2.45) is 0 Å². The number of hydrogen-bond donors (Lipinski definition) is 1. The van der Waals surface area contributed by atoms with Crippen LogP contribution in [-0.4, -0.2) is 67.0 Å². The molecule has 2 aliphatic rings. The number of ether oxygens (including phenoxy) is 1. The van der Waals surface area contributed by atoms with Crippen molar-refractivity contribution in [3.63, 3.8) is 0 Å². The second-order valence-electron chi connectivity index (χ2n) is 6.84. The van der Waals surface area contributed by atoms with Gasteiger partial charge in [-0.1, -0.05) is 18.2 Å². The zero-order valence-corrected chi connectivity index (χ0v) is 15.0. The first kappa shape index (κ1) is 17.7. The molecule has 25 heavy (non-hydrogen) atoms. The molecule has 1 aromatic rings. The minimum absolute atomic E-state index is 0.0269. The third-order valence-electron chi connectivity index (χ3n) is 5.27. The van der Waals surface area contributed by atoms with Crippen LogP contribution in [0, 0.1) is 0 Å². The zero-order chi connectivity index (χ0) is 17.8. The van der Waals surface area contributed by atoms with Gasteiger partial charge in [-0.2, -0.15) is 0 Å². The number of fused-ring (bicyclic) bond motifs is 1. The van der Waals surface area contributed by atoms with Gasteiger partial charge < -0.3 is 15.0 Å². The van der Waals surface area contributed by atoms with Gasteiger partial charge in [-0.25, -0.2) is 0 Å². The van der Waals surface area contributed by atoms with Crippen molar-refractivity contribution in [1.29, 1.82) is 0 Å². The van der Waals surface area contributed by atoms with Crippen LogP contribution in [0.1, 0.15) is 25.3 Å². The number of carbonyl (C=O) groups is 2. The number of methoxy groups -OCH3 is 1. The van der Waals surface area contributed by atoms with Gasteiger partial charge in [0.25, 0.3) is 0 Å². The van der Waals surface area contributed by atoms with Gasteiger partial charge in [0.05, 0.1) is 19.7 Å². The van der Waals surface area contributed by atoms with Crippen molar-refractivity contribution in [2.45, 2.75) is 38.3 Å². The Morgan fingerprint density at radius 1 is 1.36 bits per heavy atom. The van der Waals surface area contributed by atoms with E-state index in [-0.39, 0.29) is 30.4 Å². The first-order valence-corrected chi connectivity index (χ1v) is 9.03. The molecule has 0 aliphatic carbocycles. The van der Waals surface area contributed by atoms with E-state index in [1.807, 2.05) is 41.0 Å². The summed E-state index contributed by atoms with van der Waals surface area (Å²) in [4.78, 5) is 28.7. The highest BCUT2D eigenvalue weighted by atomic mass is 16.5. The predicted octanol–water partition coefficient (Wildman–Crippen LogP) is 1.05. The molecule has 0 saturated carbocycles. The zero-order valence-electron chi connectivity index (χ0n) is 15.0. The van der Waals surface area contributed by atoms with Gasteiger partial charge in [0.2, 0.25) is 11.8 Å². The summed E-state index contributed by atoms with van der Waals surface area (Å²) in [6.45, 7) is 4.41. The summed E-state index contributed by atoms with van der Waals surface area (Å²) in [5, 5.41) is 2.96. The monoisotopic (exact) mass is 345 g/mol. The van der Waals surface area contributed by atoms with Crippen LogP contribution in [-0.2, 0) is 16.0 Å². The van der Waals surface area contributed by atoms with Crippen molar-refractivity contribution in [2.75, 3.05) is 33.3 Å². The smallest absolute Gasteiger partial charge is 0.239 e. The van der Waals surface area contributed by atoms with Gasteiger partial charge in [0.15, 0.2) is 0 Å². The maximum absolute atomic E-state index is 12.4. The topological polar surface area (TPSA) is 61.9 Å². The molecule has 0 aromatic heterocycles. The summed E-state index contributed by atoms with van der Waals surface area (Å²) in [6, 6.07) is 7.89. The van der Waals surface area contributed by atoms with Crippen molar-refractivity contribution < 1.29 is 14.3 Å². The summed E-state index contributed by atoms with van der Waals surface area (Å²) >= 11 is 0. The minimum atomic E-state index is -0.214. The molecule has 2 atom stereocenters. The van der Waals surface area contributed by atoms with Crippen LogP contribution >= 0.6 is 0 Å². The normalized spacial score (nSPS) is 23.4. The average molecular weight is 345 g/mol. The predicted molar refractivity (Wildman–Crippen MR) is 95.5 cm³/mol. The summed E-state index contributed by atoms with van der Waals surface area (Å²) < 4.78 is 5.33. The van der Waals surface area contributed by atoms with E-state index in [2.05, 4.69) is 5.32 Å². The third kappa shape index (κ3) is 3.95. The Balaban J connectivity index is 1.48. The number of piperazine rings is 1. The standard InChI is InChI=1S/C19H27N3O3/c1-14-19(24)22-11-5-7-16(22)12-21(14)13-18(23)20-10-9-15-6-3-4-8-17(15)25-2/h3-4,6,8,14,16H,5,7,9-13H2,1-2H3,(H,20,23)/t14-,16-/m0/s1. The number of amides is 2. The van der Waals surface area contributed by atoms with Gasteiger partial charge in [-0.05, 0) is 37.8 Å². The summed E-state index contributed by atoms with van der Waals surface area (Å²) in [5.41, 5.74) is 1.08. The highest BCUT2D eigenvalue weighted by molar-refractivity contribution is 5.84. The third-order valence-corrected chi connectivity index (χ3v) is 5.27. The lowest BCUT2D eigenvalue weighted by molar-refractivity contribution is -0.144. The Bertz CT molecular complexity index is 634. The quantitative estimate of drug-likeness (QED) is 0.837. The van der Waals surface area contributed by atoms with Crippen LogP contribution in [0.3, 0.4) is 0 Å². The van der Waals surface area contributed by atoms with E-state index < -0.39 is 0 Å². The van der Waals surface area contributed by atoms with Gasteiger partial charge in [-0.3, -0.25) is 14.5 Å². The molecule has 6 nitrogen and oxygen atoms in total. The molecule has 0 unspecified atom stereocenters. The number of para-hydroxylation sites is 1. The number of nitrogens with zero attached hydrogens (tertiary/aromatic N) is 2. The number of nitrogens with one attached hydrogen (secondary N) is 1. The lowest BCUT2D eigenvalue weighted by Gasteiger charge is -2.41. The fourth-order valence-electron chi connectivity index (χ4n) is 3.83. The van der Waals surface area contributed by atoms with E-state index >= 15 is 0 Å². The summed E-state index contributed by atoms with van der Waals surface area (Å²) in [7, 11) is 1.65. The van der Waals surface area contributed by atoms with Crippen LogP contribution in [0.15, 0.2) is 24.3 Å². The van der Waals surface area contributed by atoms with Crippen molar-refractivity contribution >= 4 is 11.8 Å². The Hall–Kier alpha value is -2.08. The first-order valence-electron chi connectivity index (χ1n) is 9.03. The first-order chi connectivity index (χ1) is 12.1. The van der Waals surface area contributed by atoms with E-state index in [4.69, 9.17) is 4.74 Å². The molecule has 0 bridgehead atoms. The van der Waals surface area contributed by atoms with E-state index in [9.17, 15) is 9.59 Å². The van der Waals surface area contributed by atoms with Crippen molar-refractivity contribution in [3.8, 4) is 5.75 Å². The van der Waals surface area contributed by atoms with Gasteiger partial charge >= 0.3 is 0 Å². The molecule has 1 N–H and O–H groups in total. The Labute approximate surface area is 149 Å². The van der Waals surface area contributed by atoms with Gasteiger partial charge in [0.1, 0.15) is 5.75 Å². The maximum atomic E-state index is 12.4. The minimum Gasteiger partial charge on any atom is -0.496 e. The largest absolute Gasteiger partial charge is 0.496 e. The van der Waals surface area contributed by atoms with Crippen LogP contribution in [0.5, 0.6) is 5.75 Å². The highest BCUT2D eigenvalue weighted by Crippen LogP contribution is 2.25. The molecule has 2 fully saturated rings. The lowest BCUT2D eigenvalue weighted by Crippen LogP contribution is -2.60. The number of carbonyl (C=O) groups excluding carboxylic acids is 2. The fourth-order valence-corrected chi connectivity index (χ4v) is 3.83. The second-order valence-corrected chi connectivity index (χ2v) is 6.84. The average Bonchev–Trinajstić information content (AvgIpc) is 3.08. The summed E-state index contributed by atoms with van der Waals surface area (Å²) in [5.74, 6) is 0.977. The molecule has 1 aromatic carbocycles. The lowest BCUT2D eigenvalue weighted by atomic mass is 10.1. The fraction of sp³-hybridized carbons (Fsp3) is 0.579. The summed E-state index contributed by atoms with van der Waals surface area (Å²) in [6.07, 6.45) is 2.84. The molecule has 2 aliphatic heterocycles. The van der Waals surface area contributed by atoms with Crippen molar-refractivity contribution in [3.05, 3.63) is 29.8 Å². The molecular formula is C19H27N3O3.